The summed E-state index contributed by atoms with van der Waals surface area (Å²) in [5.41, 5.74) is 0.422. The number of rotatable bonds is 6. The van der Waals surface area contributed by atoms with Crippen LogP contribution in [-0.2, 0) is 33.4 Å². The summed E-state index contributed by atoms with van der Waals surface area (Å²) in [6.07, 6.45) is 7.43. The maximum Gasteiger partial charge on any atom is 0.305 e. The molecule has 200 valence electrons. The van der Waals surface area contributed by atoms with Crippen LogP contribution in [0.1, 0.15) is 86.0 Å². The highest BCUT2D eigenvalue weighted by molar-refractivity contribution is 5.97. The van der Waals surface area contributed by atoms with E-state index in [0.717, 1.165) is 44.1 Å². The third-order valence-electron chi connectivity index (χ3n) is 10.3. The molecule has 4 aliphatic carbocycles. The molecule has 0 N–H and O–H groups in total. The lowest BCUT2D eigenvalue weighted by Gasteiger charge is -2.58. The SMILES string of the molecule is COC(=O)CC[C@H](C)[C@@H]1CC[C@@H]2[C@@H]3C(=CC(=O)[C@@]21C)[C@]1(C)CC[C@@H](OC(C)=O)C[C@@H]1C[C@H]3OC(C)=O. The Bertz CT molecular complexity index is 953. The summed E-state index contributed by atoms with van der Waals surface area (Å²) in [6.45, 7) is 9.41. The van der Waals surface area contributed by atoms with E-state index in [4.69, 9.17) is 14.2 Å². The van der Waals surface area contributed by atoms with Crippen molar-refractivity contribution in [1.29, 1.82) is 0 Å². The number of hydrogen-bond acceptors (Lipinski definition) is 7. The largest absolute Gasteiger partial charge is 0.469 e. The Balaban J connectivity index is 1.67. The molecule has 0 saturated heterocycles. The molecule has 0 bridgehead atoms. The first kappa shape index (κ1) is 26.9. The van der Waals surface area contributed by atoms with Gasteiger partial charge in [-0.1, -0.05) is 26.3 Å². The van der Waals surface area contributed by atoms with Gasteiger partial charge in [0.05, 0.1) is 7.11 Å². The predicted octanol–water partition coefficient (Wildman–Crippen LogP) is 4.81. The fourth-order valence-electron chi connectivity index (χ4n) is 8.49. The molecule has 0 radical (unpaired) electrons. The minimum absolute atomic E-state index is 0.0148. The van der Waals surface area contributed by atoms with Crippen LogP contribution >= 0.6 is 0 Å². The van der Waals surface area contributed by atoms with Crippen LogP contribution in [-0.4, -0.2) is 43.0 Å². The Labute approximate surface area is 214 Å². The van der Waals surface area contributed by atoms with Gasteiger partial charge in [-0.2, -0.15) is 0 Å². The van der Waals surface area contributed by atoms with Crippen molar-refractivity contribution in [2.24, 2.45) is 40.4 Å². The van der Waals surface area contributed by atoms with Crippen LogP contribution in [0.15, 0.2) is 11.6 Å². The molecule has 7 heteroatoms. The first-order chi connectivity index (χ1) is 16.9. The topological polar surface area (TPSA) is 96.0 Å². The van der Waals surface area contributed by atoms with E-state index >= 15 is 0 Å². The molecule has 0 unspecified atom stereocenters. The van der Waals surface area contributed by atoms with Gasteiger partial charge in [-0.3, -0.25) is 19.2 Å². The van der Waals surface area contributed by atoms with Crippen molar-refractivity contribution in [1.82, 2.24) is 0 Å². The van der Waals surface area contributed by atoms with Crippen LogP contribution in [0.5, 0.6) is 0 Å². The molecule has 4 aliphatic rings. The number of esters is 3. The number of ketones is 1. The summed E-state index contributed by atoms with van der Waals surface area (Å²) in [7, 11) is 1.41. The van der Waals surface area contributed by atoms with Crippen molar-refractivity contribution < 1.29 is 33.4 Å². The zero-order valence-electron chi connectivity index (χ0n) is 22.6. The lowest BCUT2D eigenvalue weighted by molar-refractivity contribution is -0.162. The second-order valence-corrected chi connectivity index (χ2v) is 12.2. The smallest absolute Gasteiger partial charge is 0.305 e. The maximum atomic E-state index is 14.0. The number of fused-ring (bicyclic) bond motifs is 5. The Morgan fingerprint density at radius 3 is 2.39 bits per heavy atom. The molecular formula is C29H42O7. The third-order valence-corrected chi connectivity index (χ3v) is 10.3. The molecule has 0 aromatic carbocycles. The lowest BCUT2D eigenvalue weighted by Crippen LogP contribution is -2.57. The van der Waals surface area contributed by atoms with Gasteiger partial charge in [0.1, 0.15) is 12.2 Å². The monoisotopic (exact) mass is 502 g/mol. The summed E-state index contributed by atoms with van der Waals surface area (Å²) in [5, 5.41) is 0. The van der Waals surface area contributed by atoms with Crippen LogP contribution in [0.3, 0.4) is 0 Å². The van der Waals surface area contributed by atoms with Crippen molar-refractivity contribution in [3.63, 3.8) is 0 Å². The summed E-state index contributed by atoms with van der Waals surface area (Å²) < 4.78 is 16.4. The quantitative estimate of drug-likeness (QED) is 0.380. The van der Waals surface area contributed by atoms with Crippen molar-refractivity contribution in [2.75, 3.05) is 7.11 Å². The molecule has 3 saturated carbocycles. The molecule has 9 atom stereocenters. The van der Waals surface area contributed by atoms with Crippen LogP contribution in [0.4, 0.5) is 0 Å². The average Bonchev–Trinajstić information content (AvgIpc) is 3.16. The van der Waals surface area contributed by atoms with E-state index in [9.17, 15) is 19.2 Å². The van der Waals surface area contributed by atoms with Crippen LogP contribution in [0.2, 0.25) is 0 Å². The minimum Gasteiger partial charge on any atom is -0.469 e. The summed E-state index contributed by atoms with van der Waals surface area (Å²) in [5.74, 6) is 0.0587. The molecule has 36 heavy (non-hydrogen) atoms. The second kappa shape index (κ2) is 9.94. The second-order valence-electron chi connectivity index (χ2n) is 12.2. The molecule has 0 spiro atoms. The number of hydrogen-bond donors (Lipinski definition) is 0. The van der Waals surface area contributed by atoms with E-state index in [1.807, 2.05) is 6.08 Å². The van der Waals surface area contributed by atoms with Gasteiger partial charge in [0.25, 0.3) is 0 Å². The Morgan fingerprint density at radius 2 is 1.75 bits per heavy atom. The number of ether oxygens (including phenoxy) is 3. The number of allylic oxidation sites excluding steroid dienone is 1. The predicted molar refractivity (Wildman–Crippen MR) is 132 cm³/mol. The summed E-state index contributed by atoms with van der Waals surface area (Å²) in [4.78, 5) is 49.5. The standard InChI is InChI=1S/C29H42O7/c1-16(7-10-26(33)34-6)21-8-9-22-27-23(15-25(32)29(21,22)5)28(4)12-11-20(35-17(2)30)13-19(28)14-24(27)36-18(3)31/h15-16,19-22,24,27H,7-14H2,1-6H3/t16-,19+,20+,21-,22+,24+,27+,28+,29+/m0/s1. The average molecular weight is 503 g/mol. The van der Waals surface area contributed by atoms with Crippen LogP contribution in [0, 0.1) is 40.4 Å². The highest BCUT2D eigenvalue weighted by Gasteiger charge is 2.64. The molecule has 0 amide bonds. The maximum absolute atomic E-state index is 14.0. The molecule has 0 aromatic heterocycles. The summed E-state index contributed by atoms with van der Waals surface area (Å²) >= 11 is 0. The van der Waals surface area contributed by atoms with E-state index in [1.54, 1.807) is 0 Å². The number of carbonyl (C=O) groups excluding carboxylic acids is 4. The Kier molecular flexibility index (Phi) is 7.42. The van der Waals surface area contributed by atoms with Gasteiger partial charge in [-0.05, 0) is 80.1 Å². The van der Waals surface area contributed by atoms with Crippen LogP contribution < -0.4 is 0 Å². The van der Waals surface area contributed by atoms with E-state index in [2.05, 4.69) is 20.8 Å². The van der Waals surface area contributed by atoms with Gasteiger partial charge in [-0.15, -0.1) is 0 Å². The minimum atomic E-state index is -0.541. The number of carbonyl (C=O) groups is 4. The van der Waals surface area contributed by atoms with Crippen molar-refractivity contribution >= 4 is 23.7 Å². The van der Waals surface area contributed by atoms with E-state index in [1.165, 1.54) is 21.0 Å². The molecule has 0 aromatic rings. The van der Waals surface area contributed by atoms with Gasteiger partial charge in [0.2, 0.25) is 0 Å². The zero-order chi connectivity index (χ0) is 26.4. The van der Waals surface area contributed by atoms with Gasteiger partial charge in [-0.25, -0.2) is 0 Å². The highest BCUT2D eigenvalue weighted by atomic mass is 16.5. The molecule has 0 aliphatic heterocycles. The molecule has 0 heterocycles. The van der Waals surface area contributed by atoms with Crippen molar-refractivity contribution in [2.45, 2.75) is 98.2 Å². The molecule has 3 fully saturated rings. The van der Waals surface area contributed by atoms with E-state index in [-0.39, 0.29) is 70.9 Å². The Hall–Kier alpha value is -2.18. The van der Waals surface area contributed by atoms with Gasteiger partial charge < -0.3 is 14.2 Å². The zero-order valence-corrected chi connectivity index (χ0v) is 22.6. The first-order valence-corrected chi connectivity index (χ1v) is 13.6. The fourth-order valence-corrected chi connectivity index (χ4v) is 8.49. The third kappa shape index (κ3) is 4.51. The Morgan fingerprint density at radius 1 is 1.06 bits per heavy atom. The van der Waals surface area contributed by atoms with E-state index in [0.29, 0.717) is 12.8 Å². The van der Waals surface area contributed by atoms with Gasteiger partial charge in [0, 0.05) is 31.6 Å². The highest BCUT2D eigenvalue weighted by Crippen LogP contribution is 2.66. The van der Waals surface area contributed by atoms with Gasteiger partial charge in [0.15, 0.2) is 5.78 Å². The number of methoxy groups -OCH3 is 1. The van der Waals surface area contributed by atoms with Crippen LogP contribution in [0.25, 0.3) is 0 Å². The van der Waals surface area contributed by atoms with Gasteiger partial charge >= 0.3 is 17.9 Å². The first-order valence-electron chi connectivity index (χ1n) is 13.6. The van der Waals surface area contributed by atoms with E-state index < -0.39 is 5.41 Å². The molecular weight excluding hydrogens is 460 g/mol. The lowest BCUT2D eigenvalue weighted by atomic mass is 9.47. The fraction of sp³-hybridized carbons (Fsp3) is 0.793. The van der Waals surface area contributed by atoms with Crippen molar-refractivity contribution in [3.8, 4) is 0 Å². The normalized spacial score (nSPS) is 40.2. The molecule has 4 rings (SSSR count). The summed E-state index contributed by atoms with van der Waals surface area (Å²) in [6, 6.07) is 0. The van der Waals surface area contributed by atoms with Crippen molar-refractivity contribution in [3.05, 3.63) is 11.6 Å². The molecule has 7 nitrogen and oxygen atoms in total.